The van der Waals surface area contributed by atoms with E-state index in [0.29, 0.717) is 6.54 Å². The summed E-state index contributed by atoms with van der Waals surface area (Å²) < 4.78 is 0. The van der Waals surface area contributed by atoms with Crippen molar-refractivity contribution < 1.29 is 4.79 Å². The lowest BCUT2D eigenvalue weighted by Gasteiger charge is -2.41. The molecule has 25 heavy (non-hydrogen) atoms. The summed E-state index contributed by atoms with van der Waals surface area (Å²) in [5.74, 6) is 0.0421. The van der Waals surface area contributed by atoms with Gasteiger partial charge >= 0.3 is 0 Å². The van der Waals surface area contributed by atoms with Gasteiger partial charge in [-0.15, -0.1) is 0 Å². The van der Waals surface area contributed by atoms with Crippen molar-refractivity contribution >= 4 is 5.91 Å². The molecule has 3 N–H and O–H groups in total. The van der Waals surface area contributed by atoms with Crippen molar-refractivity contribution in [2.45, 2.75) is 37.9 Å². The molecule has 3 atom stereocenters. The van der Waals surface area contributed by atoms with Gasteiger partial charge in [0.25, 0.3) is 0 Å². The Morgan fingerprint density at radius 2 is 1.64 bits per heavy atom. The monoisotopic (exact) mass is 337 g/mol. The van der Waals surface area contributed by atoms with Gasteiger partial charge in [-0.05, 0) is 30.9 Å². The fraction of sp³-hybridized carbons (Fsp3) is 0.381. The highest BCUT2D eigenvalue weighted by atomic mass is 16.2. The van der Waals surface area contributed by atoms with Crippen LogP contribution < -0.4 is 11.1 Å². The molecule has 1 heterocycles. The first-order chi connectivity index (χ1) is 12.1. The van der Waals surface area contributed by atoms with E-state index in [9.17, 15) is 4.79 Å². The zero-order valence-corrected chi connectivity index (χ0v) is 14.8. The topological polar surface area (TPSA) is 58.4 Å². The summed E-state index contributed by atoms with van der Waals surface area (Å²) in [5, 5.41) is 3.63. The molecule has 132 valence electrons. The molecular weight excluding hydrogens is 310 g/mol. The molecule has 2 aromatic rings. The van der Waals surface area contributed by atoms with Gasteiger partial charge in [0.15, 0.2) is 0 Å². The number of nitrogens with zero attached hydrogens (tertiary/aromatic N) is 1. The van der Waals surface area contributed by atoms with Crippen LogP contribution in [-0.2, 0) is 17.6 Å². The fourth-order valence-electron chi connectivity index (χ4n) is 3.50. The quantitative estimate of drug-likeness (QED) is 0.877. The SMILES string of the molecule is CC(N)C(=O)N1C[C@@H](Cc2ccccc2)NC[C@@H]1Cc1ccccc1. The van der Waals surface area contributed by atoms with Gasteiger partial charge < -0.3 is 16.0 Å². The van der Waals surface area contributed by atoms with E-state index < -0.39 is 6.04 Å². The third-order valence-electron chi connectivity index (χ3n) is 4.81. The van der Waals surface area contributed by atoms with E-state index in [0.717, 1.165) is 19.4 Å². The molecule has 0 radical (unpaired) electrons. The molecule has 0 saturated carbocycles. The number of carbonyl (C=O) groups excluding carboxylic acids is 1. The predicted molar refractivity (Wildman–Crippen MR) is 101 cm³/mol. The molecule has 4 heteroatoms. The van der Waals surface area contributed by atoms with Crippen LogP contribution in [0, 0.1) is 0 Å². The van der Waals surface area contributed by atoms with Crippen molar-refractivity contribution in [3.05, 3.63) is 71.8 Å². The largest absolute Gasteiger partial charge is 0.335 e. The van der Waals surface area contributed by atoms with E-state index in [-0.39, 0.29) is 18.0 Å². The highest BCUT2D eigenvalue weighted by Gasteiger charge is 2.32. The second kappa shape index (κ2) is 8.28. The molecule has 1 aliphatic rings. The molecule has 2 aromatic carbocycles. The van der Waals surface area contributed by atoms with Gasteiger partial charge in [-0.25, -0.2) is 0 Å². The molecule has 3 rings (SSSR count). The van der Waals surface area contributed by atoms with Crippen LogP contribution in [0.25, 0.3) is 0 Å². The summed E-state index contributed by atoms with van der Waals surface area (Å²) in [6.07, 6.45) is 1.77. The minimum atomic E-state index is -0.464. The third-order valence-corrected chi connectivity index (χ3v) is 4.81. The average molecular weight is 337 g/mol. The number of benzene rings is 2. The number of hydrogen-bond donors (Lipinski definition) is 2. The molecule has 1 saturated heterocycles. The summed E-state index contributed by atoms with van der Waals surface area (Å²) in [7, 11) is 0. The van der Waals surface area contributed by atoms with Crippen LogP contribution in [-0.4, -0.2) is 42.0 Å². The maximum atomic E-state index is 12.7. The molecular formula is C21H27N3O. The standard InChI is InChI=1S/C21H27N3O/c1-16(22)21(25)24-15-19(12-17-8-4-2-5-9-17)23-14-20(24)13-18-10-6-3-7-11-18/h2-11,16,19-20,23H,12-15,22H2,1H3/t16?,19-,20+/m1/s1. The van der Waals surface area contributed by atoms with Crippen molar-refractivity contribution in [2.75, 3.05) is 13.1 Å². The van der Waals surface area contributed by atoms with E-state index in [1.807, 2.05) is 29.2 Å². The lowest BCUT2D eigenvalue weighted by atomic mass is 9.97. The maximum absolute atomic E-state index is 12.7. The van der Waals surface area contributed by atoms with E-state index in [1.54, 1.807) is 6.92 Å². The minimum Gasteiger partial charge on any atom is -0.335 e. The second-order valence-corrected chi connectivity index (χ2v) is 6.92. The first-order valence-corrected chi connectivity index (χ1v) is 9.01. The predicted octanol–water partition coefficient (Wildman–Crippen LogP) is 1.99. The molecule has 0 aliphatic carbocycles. The maximum Gasteiger partial charge on any atom is 0.239 e. The Morgan fingerprint density at radius 1 is 1.08 bits per heavy atom. The van der Waals surface area contributed by atoms with Crippen LogP contribution in [0.15, 0.2) is 60.7 Å². The van der Waals surface area contributed by atoms with E-state index in [4.69, 9.17) is 5.73 Å². The molecule has 1 fully saturated rings. The van der Waals surface area contributed by atoms with Gasteiger partial charge in [0, 0.05) is 25.2 Å². The Morgan fingerprint density at radius 3 is 2.20 bits per heavy atom. The van der Waals surface area contributed by atoms with Crippen molar-refractivity contribution in [1.82, 2.24) is 10.2 Å². The summed E-state index contributed by atoms with van der Waals surface area (Å²) in [6.45, 7) is 3.27. The second-order valence-electron chi connectivity index (χ2n) is 6.92. The van der Waals surface area contributed by atoms with Crippen LogP contribution in [0.1, 0.15) is 18.1 Å². The van der Waals surface area contributed by atoms with Crippen molar-refractivity contribution in [3.8, 4) is 0 Å². The zero-order valence-electron chi connectivity index (χ0n) is 14.8. The van der Waals surface area contributed by atoms with Gasteiger partial charge in [0.1, 0.15) is 0 Å². The van der Waals surface area contributed by atoms with Crippen LogP contribution in [0.3, 0.4) is 0 Å². The molecule has 1 amide bonds. The molecule has 4 nitrogen and oxygen atoms in total. The summed E-state index contributed by atoms with van der Waals surface area (Å²) in [6, 6.07) is 20.7. The number of nitrogens with one attached hydrogen (secondary N) is 1. The van der Waals surface area contributed by atoms with E-state index in [1.165, 1.54) is 11.1 Å². The van der Waals surface area contributed by atoms with Crippen LogP contribution in [0.4, 0.5) is 0 Å². The van der Waals surface area contributed by atoms with Gasteiger partial charge in [-0.2, -0.15) is 0 Å². The Balaban J connectivity index is 1.71. The summed E-state index contributed by atoms with van der Waals surface area (Å²) in [5.41, 5.74) is 8.44. The Labute approximate surface area is 150 Å². The lowest BCUT2D eigenvalue weighted by molar-refractivity contribution is -0.136. The zero-order chi connectivity index (χ0) is 17.6. The normalized spacial score (nSPS) is 21.8. The number of nitrogens with two attached hydrogens (primary N) is 1. The number of hydrogen-bond acceptors (Lipinski definition) is 3. The molecule has 0 aromatic heterocycles. The van der Waals surface area contributed by atoms with Crippen molar-refractivity contribution in [3.63, 3.8) is 0 Å². The molecule has 1 unspecified atom stereocenters. The Kier molecular flexibility index (Phi) is 5.84. The molecule has 1 aliphatic heterocycles. The highest BCUT2D eigenvalue weighted by molar-refractivity contribution is 5.81. The Hall–Kier alpha value is -2.17. The Bertz CT molecular complexity index is 672. The fourth-order valence-corrected chi connectivity index (χ4v) is 3.50. The number of carbonyl (C=O) groups is 1. The van der Waals surface area contributed by atoms with Crippen molar-refractivity contribution in [1.29, 1.82) is 0 Å². The molecule has 0 spiro atoms. The summed E-state index contributed by atoms with van der Waals surface area (Å²) >= 11 is 0. The summed E-state index contributed by atoms with van der Waals surface area (Å²) in [4.78, 5) is 14.7. The number of piperazine rings is 1. The minimum absolute atomic E-state index is 0.0421. The lowest BCUT2D eigenvalue weighted by Crippen LogP contribution is -2.61. The highest BCUT2D eigenvalue weighted by Crippen LogP contribution is 2.16. The van der Waals surface area contributed by atoms with Gasteiger partial charge in [0.05, 0.1) is 6.04 Å². The average Bonchev–Trinajstić information content (AvgIpc) is 2.64. The number of rotatable bonds is 5. The first kappa shape index (κ1) is 17.6. The van der Waals surface area contributed by atoms with Crippen LogP contribution >= 0.6 is 0 Å². The first-order valence-electron chi connectivity index (χ1n) is 9.01. The van der Waals surface area contributed by atoms with Gasteiger partial charge in [-0.1, -0.05) is 60.7 Å². The van der Waals surface area contributed by atoms with E-state index >= 15 is 0 Å². The number of amides is 1. The third kappa shape index (κ3) is 4.68. The van der Waals surface area contributed by atoms with Crippen LogP contribution in [0.5, 0.6) is 0 Å². The van der Waals surface area contributed by atoms with Crippen molar-refractivity contribution in [2.24, 2.45) is 5.73 Å². The van der Waals surface area contributed by atoms with Gasteiger partial charge in [-0.3, -0.25) is 4.79 Å². The van der Waals surface area contributed by atoms with Gasteiger partial charge in [0.2, 0.25) is 5.91 Å². The smallest absolute Gasteiger partial charge is 0.239 e. The molecule has 0 bridgehead atoms. The van der Waals surface area contributed by atoms with Crippen LogP contribution in [0.2, 0.25) is 0 Å². The van der Waals surface area contributed by atoms with E-state index in [2.05, 4.69) is 41.7 Å².